The van der Waals surface area contributed by atoms with Crippen molar-refractivity contribution in [1.82, 2.24) is 4.57 Å². The summed E-state index contributed by atoms with van der Waals surface area (Å²) in [6, 6.07) is 79.2. The standard InChI is InChI=1S/C67H43N3O/c1-40-30-32-57(68-67(55-38-45-20-6-8-22-47(45)50-25-11-13-27-52(50)55)69-66(40)54-37-44-19-5-7-21-46(44)49-24-10-12-26-51(49)54)65-59(34-35-62-64(65)53-28-14-15-29-61(53)71-62)70-58-33-31-41-16-4-9-23-48(41)63(58)56-36-42-17-2-3-18-43(42)39-60(56)70/h2-29,31-40H,30H2,1H3/b57-32+,68-67?,69-66?. The predicted molar refractivity (Wildman–Crippen MR) is 301 cm³/mol. The average Bonchev–Trinajstić information content (AvgIpc) is 3.96. The maximum absolute atomic E-state index is 6.78. The Morgan fingerprint density at radius 1 is 0.408 bits per heavy atom. The zero-order valence-electron chi connectivity index (χ0n) is 38.9. The molecule has 12 aromatic carbocycles. The number of allylic oxidation sites excluding steroid dienone is 1. The normalized spacial score (nSPS) is 15.3. The molecule has 1 aliphatic heterocycles. The summed E-state index contributed by atoms with van der Waals surface area (Å²) in [5.41, 5.74) is 9.97. The highest BCUT2D eigenvalue weighted by atomic mass is 16.3. The fraction of sp³-hybridized carbons (Fsp3) is 0.0448. The highest BCUT2D eigenvalue weighted by Crippen LogP contribution is 2.45. The highest BCUT2D eigenvalue weighted by molar-refractivity contribution is 6.28. The lowest BCUT2D eigenvalue weighted by molar-refractivity contribution is 0.669. The second-order valence-electron chi connectivity index (χ2n) is 19.2. The molecule has 0 bridgehead atoms. The molecule has 0 saturated heterocycles. The van der Waals surface area contributed by atoms with Gasteiger partial charge in [0.25, 0.3) is 0 Å². The van der Waals surface area contributed by atoms with Gasteiger partial charge in [0, 0.05) is 44.2 Å². The molecule has 1 aliphatic rings. The van der Waals surface area contributed by atoms with Crippen LogP contribution in [0, 0.1) is 5.92 Å². The van der Waals surface area contributed by atoms with E-state index in [0.29, 0.717) is 12.3 Å². The molecule has 4 heteroatoms. The molecule has 0 amide bonds. The molecule has 1 atom stereocenters. The van der Waals surface area contributed by atoms with Crippen molar-refractivity contribution in [2.75, 3.05) is 0 Å². The van der Waals surface area contributed by atoms with Crippen molar-refractivity contribution >= 4 is 126 Å². The third-order valence-corrected chi connectivity index (χ3v) is 15.2. The summed E-state index contributed by atoms with van der Waals surface area (Å²) < 4.78 is 9.27. The van der Waals surface area contributed by atoms with Gasteiger partial charge >= 0.3 is 0 Å². The molecule has 0 N–H and O–H groups in total. The van der Waals surface area contributed by atoms with Gasteiger partial charge < -0.3 is 8.98 Å². The van der Waals surface area contributed by atoms with Gasteiger partial charge in [-0.2, -0.15) is 0 Å². The summed E-state index contributed by atoms with van der Waals surface area (Å²) in [7, 11) is 0. The van der Waals surface area contributed by atoms with E-state index in [1.54, 1.807) is 0 Å². The first-order valence-corrected chi connectivity index (χ1v) is 24.6. The summed E-state index contributed by atoms with van der Waals surface area (Å²) in [4.78, 5) is 11.9. The van der Waals surface area contributed by atoms with Crippen molar-refractivity contribution in [1.29, 1.82) is 0 Å². The van der Waals surface area contributed by atoms with E-state index in [2.05, 4.69) is 236 Å². The van der Waals surface area contributed by atoms with Crippen LogP contribution in [0.4, 0.5) is 0 Å². The molecule has 0 saturated carbocycles. The number of para-hydroxylation sites is 1. The van der Waals surface area contributed by atoms with Crippen LogP contribution in [0.25, 0.3) is 120 Å². The van der Waals surface area contributed by atoms with Gasteiger partial charge in [-0.3, -0.25) is 0 Å². The number of aromatic nitrogens is 1. The molecule has 0 fully saturated rings. The van der Waals surface area contributed by atoms with Crippen molar-refractivity contribution in [3.63, 3.8) is 0 Å². The van der Waals surface area contributed by atoms with Crippen LogP contribution in [0.2, 0.25) is 0 Å². The van der Waals surface area contributed by atoms with Gasteiger partial charge in [-0.1, -0.05) is 183 Å². The lowest BCUT2D eigenvalue weighted by Gasteiger charge is -2.22. The lowest BCUT2D eigenvalue weighted by Crippen LogP contribution is -2.18. The van der Waals surface area contributed by atoms with E-state index in [9.17, 15) is 0 Å². The van der Waals surface area contributed by atoms with E-state index >= 15 is 0 Å². The minimum Gasteiger partial charge on any atom is -0.456 e. The molecular weight excluding hydrogens is 863 g/mol. The third kappa shape index (κ3) is 6.04. The molecule has 1 unspecified atom stereocenters. The Morgan fingerprint density at radius 2 is 0.972 bits per heavy atom. The third-order valence-electron chi connectivity index (χ3n) is 15.2. The Morgan fingerprint density at radius 3 is 1.69 bits per heavy atom. The Labute approximate surface area is 408 Å². The molecule has 0 aliphatic carbocycles. The fourth-order valence-corrected chi connectivity index (χ4v) is 11.9. The average molecular weight is 906 g/mol. The second-order valence-corrected chi connectivity index (χ2v) is 19.2. The smallest absolute Gasteiger partial charge is 0.160 e. The van der Waals surface area contributed by atoms with Crippen molar-refractivity contribution in [3.05, 3.63) is 241 Å². The van der Waals surface area contributed by atoms with Gasteiger partial charge in [0.1, 0.15) is 11.2 Å². The summed E-state index contributed by atoms with van der Waals surface area (Å²) in [5.74, 6) is 0.688. The molecule has 3 heterocycles. The van der Waals surface area contributed by atoms with E-state index in [4.69, 9.17) is 14.4 Å². The molecule has 0 spiro atoms. The number of furan rings is 1. The van der Waals surface area contributed by atoms with Gasteiger partial charge in [-0.15, -0.1) is 0 Å². The number of hydrogen-bond acceptors (Lipinski definition) is 3. The molecule has 0 radical (unpaired) electrons. The Hall–Kier alpha value is -9.12. The number of nitrogens with zero attached hydrogens (tertiary/aromatic N) is 3. The Bertz CT molecular complexity index is 4700. The molecule has 71 heavy (non-hydrogen) atoms. The van der Waals surface area contributed by atoms with E-state index in [1.807, 2.05) is 0 Å². The quantitative estimate of drug-likeness (QED) is 0.162. The minimum absolute atomic E-state index is 0.0153. The summed E-state index contributed by atoms with van der Waals surface area (Å²) in [6.45, 7) is 2.33. The van der Waals surface area contributed by atoms with Crippen molar-refractivity contribution in [2.24, 2.45) is 15.9 Å². The van der Waals surface area contributed by atoms with Crippen molar-refractivity contribution < 1.29 is 4.42 Å². The molecule has 15 rings (SSSR count). The van der Waals surface area contributed by atoms with E-state index < -0.39 is 0 Å². The number of hydrogen-bond donors (Lipinski definition) is 0. The molecule has 4 nitrogen and oxygen atoms in total. The number of benzene rings is 12. The van der Waals surface area contributed by atoms with E-state index in [1.165, 1.54) is 64.6 Å². The van der Waals surface area contributed by atoms with Crippen LogP contribution >= 0.6 is 0 Å². The van der Waals surface area contributed by atoms with Crippen molar-refractivity contribution in [2.45, 2.75) is 13.3 Å². The number of amidine groups is 1. The first-order chi connectivity index (χ1) is 35.1. The number of rotatable bonds is 4. The van der Waals surface area contributed by atoms with Crippen LogP contribution in [-0.2, 0) is 0 Å². The zero-order chi connectivity index (χ0) is 46.7. The van der Waals surface area contributed by atoms with Crippen molar-refractivity contribution in [3.8, 4) is 5.69 Å². The van der Waals surface area contributed by atoms with Crippen LogP contribution < -0.4 is 0 Å². The van der Waals surface area contributed by atoms with Crippen LogP contribution in [-0.4, -0.2) is 16.1 Å². The summed E-state index contributed by atoms with van der Waals surface area (Å²) in [5, 5.41) is 18.8. The van der Waals surface area contributed by atoms with Crippen LogP contribution in [0.5, 0.6) is 0 Å². The van der Waals surface area contributed by atoms with Gasteiger partial charge in [0.2, 0.25) is 0 Å². The van der Waals surface area contributed by atoms with E-state index in [-0.39, 0.29) is 5.92 Å². The monoisotopic (exact) mass is 905 g/mol. The first kappa shape index (κ1) is 39.8. The van der Waals surface area contributed by atoms with Gasteiger partial charge in [0.15, 0.2) is 5.84 Å². The fourth-order valence-electron chi connectivity index (χ4n) is 11.9. The molecule has 2 aromatic heterocycles. The van der Waals surface area contributed by atoms with E-state index in [0.717, 1.165) is 77.5 Å². The maximum atomic E-state index is 6.78. The first-order valence-electron chi connectivity index (χ1n) is 24.6. The highest BCUT2D eigenvalue weighted by Gasteiger charge is 2.27. The van der Waals surface area contributed by atoms with Gasteiger partial charge in [0.05, 0.1) is 28.1 Å². The second kappa shape index (κ2) is 15.4. The number of fused-ring (bicyclic) bond motifs is 15. The minimum atomic E-state index is 0.0153. The zero-order valence-corrected chi connectivity index (χ0v) is 38.9. The Kier molecular flexibility index (Phi) is 8.67. The lowest BCUT2D eigenvalue weighted by atomic mass is 9.88. The molecule has 332 valence electrons. The summed E-state index contributed by atoms with van der Waals surface area (Å²) >= 11 is 0. The SMILES string of the molecule is CC1C/C=C(\c2c(-n3c4cc5ccccc5cc4c4c5ccccc5ccc43)ccc3oc4ccccc4c23)N=C(c2cc3ccccc3c3ccccc23)N=C1c1cc2ccccc2c2ccccc12. The Balaban J connectivity index is 1.09. The van der Waals surface area contributed by atoms with Crippen LogP contribution in [0.3, 0.4) is 0 Å². The maximum Gasteiger partial charge on any atom is 0.160 e. The number of aliphatic imine (C=N–C) groups is 2. The molecular formula is C67H43N3O. The molecule has 14 aromatic rings. The van der Waals surface area contributed by atoms with Gasteiger partial charge in [-0.25, -0.2) is 9.98 Å². The summed E-state index contributed by atoms with van der Waals surface area (Å²) in [6.07, 6.45) is 3.09. The van der Waals surface area contributed by atoms with Crippen LogP contribution in [0.15, 0.2) is 239 Å². The van der Waals surface area contributed by atoms with Crippen LogP contribution in [0.1, 0.15) is 30.0 Å². The van der Waals surface area contributed by atoms with Gasteiger partial charge in [-0.05, 0) is 120 Å². The predicted octanol–water partition coefficient (Wildman–Crippen LogP) is 17.9. The largest absolute Gasteiger partial charge is 0.456 e. The topological polar surface area (TPSA) is 42.8 Å².